The lowest BCUT2D eigenvalue weighted by Gasteiger charge is -2.06. The van der Waals surface area contributed by atoms with Crippen LogP contribution in [0.5, 0.6) is 0 Å². The molecule has 0 bridgehead atoms. The first kappa shape index (κ1) is 11.3. The van der Waals surface area contributed by atoms with Gasteiger partial charge in [0.1, 0.15) is 0 Å². The van der Waals surface area contributed by atoms with Gasteiger partial charge < -0.3 is 4.84 Å². The molecule has 11 heavy (non-hydrogen) atoms. The Hall–Kier alpha value is 0.270. The molecule has 2 nitrogen and oxygen atoms in total. The molecule has 3 heteroatoms. The summed E-state index contributed by atoms with van der Waals surface area (Å²) in [5, 5.41) is 0. The Labute approximate surface area is 74.0 Å². The number of rotatable bonds is 7. The number of hydrogen-bond donors (Lipinski definition) is 1. The van der Waals surface area contributed by atoms with Crippen molar-refractivity contribution in [1.29, 1.82) is 0 Å². The van der Waals surface area contributed by atoms with Crippen molar-refractivity contribution in [2.75, 3.05) is 24.7 Å². The predicted octanol–water partition coefficient (Wildman–Crippen LogP) is 1.92. The van der Waals surface area contributed by atoms with Gasteiger partial charge in [0.2, 0.25) is 0 Å². The third-order valence-electron chi connectivity index (χ3n) is 1.07. The molecule has 0 unspecified atom stereocenters. The van der Waals surface area contributed by atoms with Gasteiger partial charge in [-0.15, -0.1) is 0 Å². The van der Waals surface area contributed by atoms with Crippen LogP contribution in [0.15, 0.2) is 0 Å². The smallest absolute Gasteiger partial charge is 0.0705 e. The van der Waals surface area contributed by atoms with E-state index in [0.717, 1.165) is 18.9 Å². The molecule has 0 fully saturated rings. The zero-order valence-corrected chi connectivity index (χ0v) is 8.54. The molecule has 68 valence electrons. The van der Waals surface area contributed by atoms with Crippen molar-refractivity contribution < 1.29 is 4.84 Å². The highest BCUT2D eigenvalue weighted by molar-refractivity contribution is 7.99. The second-order valence-electron chi connectivity index (χ2n) is 2.80. The van der Waals surface area contributed by atoms with Crippen molar-refractivity contribution >= 4 is 11.8 Å². The lowest BCUT2D eigenvalue weighted by molar-refractivity contribution is 0.0276. The van der Waals surface area contributed by atoms with Crippen molar-refractivity contribution in [2.45, 2.75) is 20.8 Å². The maximum Gasteiger partial charge on any atom is 0.0705 e. The molecular formula is C8H19NOS. The quantitative estimate of drug-likeness (QED) is 0.474. The normalized spacial score (nSPS) is 10.9. The summed E-state index contributed by atoms with van der Waals surface area (Å²) < 4.78 is 0. The molecule has 0 rings (SSSR count). The summed E-state index contributed by atoms with van der Waals surface area (Å²) in [5.74, 6) is 2.93. The summed E-state index contributed by atoms with van der Waals surface area (Å²) in [6, 6.07) is 0. The lowest BCUT2D eigenvalue weighted by atomic mass is 10.2. The fourth-order valence-electron chi connectivity index (χ4n) is 0.556. The van der Waals surface area contributed by atoms with Crippen LogP contribution in [-0.4, -0.2) is 24.7 Å². The molecule has 0 aromatic carbocycles. The fraction of sp³-hybridized carbons (Fsp3) is 1.00. The highest BCUT2D eigenvalue weighted by Gasteiger charge is 1.92. The minimum absolute atomic E-state index is 0.612. The van der Waals surface area contributed by atoms with Gasteiger partial charge in [0.15, 0.2) is 0 Å². The Morgan fingerprint density at radius 1 is 1.45 bits per heavy atom. The Kier molecular flexibility index (Phi) is 8.57. The molecule has 0 aromatic rings. The minimum atomic E-state index is 0.612. The summed E-state index contributed by atoms with van der Waals surface area (Å²) in [6.45, 7) is 8.20. The van der Waals surface area contributed by atoms with E-state index < -0.39 is 0 Å². The first-order valence-electron chi connectivity index (χ1n) is 4.19. The molecule has 0 aromatic heterocycles. The Balaban J connectivity index is 2.80. The Morgan fingerprint density at radius 3 is 2.73 bits per heavy atom. The van der Waals surface area contributed by atoms with Gasteiger partial charge in [0, 0.05) is 12.3 Å². The molecule has 0 aliphatic rings. The second-order valence-corrected chi connectivity index (χ2v) is 4.19. The van der Waals surface area contributed by atoms with Gasteiger partial charge in [-0.1, -0.05) is 20.8 Å². The summed E-state index contributed by atoms with van der Waals surface area (Å²) in [6.07, 6.45) is 0. The lowest BCUT2D eigenvalue weighted by Crippen LogP contribution is -2.20. The van der Waals surface area contributed by atoms with Crippen LogP contribution in [0.1, 0.15) is 20.8 Å². The molecule has 0 amide bonds. The van der Waals surface area contributed by atoms with Gasteiger partial charge in [-0.2, -0.15) is 11.8 Å². The van der Waals surface area contributed by atoms with Crippen LogP contribution >= 0.6 is 11.8 Å². The maximum atomic E-state index is 5.18. The number of nitrogens with one attached hydrogen (secondary N) is 1. The van der Waals surface area contributed by atoms with E-state index >= 15 is 0 Å². The number of hydrogen-bond acceptors (Lipinski definition) is 3. The standard InChI is InChI=1S/C8H19NOS/c1-4-11-6-5-9-10-7-8(2)3/h8-9H,4-7H2,1-3H3. The topological polar surface area (TPSA) is 21.3 Å². The van der Waals surface area contributed by atoms with Gasteiger partial charge in [-0.3, -0.25) is 0 Å². The third-order valence-corrected chi connectivity index (χ3v) is 1.97. The molecule has 0 heterocycles. The molecule has 0 aliphatic carbocycles. The van der Waals surface area contributed by atoms with Gasteiger partial charge >= 0.3 is 0 Å². The van der Waals surface area contributed by atoms with Crippen LogP contribution in [0.4, 0.5) is 0 Å². The van der Waals surface area contributed by atoms with Crippen molar-refractivity contribution in [3.05, 3.63) is 0 Å². The Bertz CT molecular complexity index is 78.5. The summed E-state index contributed by atoms with van der Waals surface area (Å²) in [4.78, 5) is 5.18. The average molecular weight is 177 g/mol. The van der Waals surface area contributed by atoms with E-state index in [2.05, 4.69) is 26.3 Å². The molecular weight excluding hydrogens is 158 g/mol. The highest BCUT2D eigenvalue weighted by Crippen LogP contribution is 1.95. The van der Waals surface area contributed by atoms with Gasteiger partial charge in [0.05, 0.1) is 6.61 Å². The van der Waals surface area contributed by atoms with E-state index in [1.54, 1.807) is 0 Å². The van der Waals surface area contributed by atoms with Crippen LogP contribution in [0, 0.1) is 5.92 Å². The fourth-order valence-corrected chi connectivity index (χ4v) is 1.07. The third kappa shape index (κ3) is 10.3. The first-order chi connectivity index (χ1) is 5.27. The average Bonchev–Trinajstić information content (AvgIpc) is 1.96. The zero-order chi connectivity index (χ0) is 8.53. The van der Waals surface area contributed by atoms with Crippen LogP contribution in [-0.2, 0) is 4.84 Å². The van der Waals surface area contributed by atoms with E-state index in [0.29, 0.717) is 5.92 Å². The van der Waals surface area contributed by atoms with Crippen molar-refractivity contribution in [3.63, 3.8) is 0 Å². The van der Waals surface area contributed by atoms with Gasteiger partial charge in [-0.05, 0) is 11.7 Å². The molecule has 0 radical (unpaired) electrons. The molecule has 1 N–H and O–H groups in total. The zero-order valence-electron chi connectivity index (χ0n) is 7.72. The van der Waals surface area contributed by atoms with E-state index in [1.165, 1.54) is 5.75 Å². The first-order valence-corrected chi connectivity index (χ1v) is 5.35. The van der Waals surface area contributed by atoms with Crippen molar-refractivity contribution in [3.8, 4) is 0 Å². The minimum Gasteiger partial charge on any atom is -0.302 e. The molecule has 0 spiro atoms. The van der Waals surface area contributed by atoms with Crippen LogP contribution < -0.4 is 5.48 Å². The summed E-state index contributed by atoms with van der Waals surface area (Å²) in [7, 11) is 0. The van der Waals surface area contributed by atoms with E-state index in [4.69, 9.17) is 4.84 Å². The maximum absolute atomic E-state index is 5.18. The van der Waals surface area contributed by atoms with Crippen molar-refractivity contribution in [2.24, 2.45) is 5.92 Å². The van der Waals surface area contributed by atoms with E-state index in [-0.39, 0.29) is 0 Å². The monoisotopic (exact) mass is 177 g/mol. The van der Waals surface area contributed by atoms with Gasteiger partial charge in [0.25, 0.3) is 0 Å². The van der Waals surface area contributed by atoms with Crippen molar-refractivity contribution in [1.82, 2.24) is 5.48 Å². The molecule has 0 saturated heterocycles. The number of thioether (sulfide) groups is 1. The van der Waals surface area contributed by atoms with Gasteiger partial charge in [-0.25, -0.2) is 5.48 Å². The van der Waals surface area contributed by atoms with Crippen LogP contribution in [0.25, 0.3) is 0 Å². The molecule has 0 saturated carbocycles. The SMILES string of the molecule is CCSCCNOCC(C)C. The largest absolute Gasteiger partial charge is 0.302 e. The molecule has 0 aliphatic heterocycles. The summed E-state index contributed by atoms with van der Waals surface area (Å²) >= 11 is 1.92. The Morgan fingerprint density at radius 2 is 2.18 bits per heavy atom. The second kappa shape index (κ2) is 8.37. The highest BCUT2D eigenvalue weighted by atomic mass is 32.2. The number of hydroxylamine groups is 1. The van der Waals surface area contributed by atoms with Crippen LogP contribution in [0.2, 0.25) is 0 Å². The van der Waals surface area contributed by atoms with Crippen LogP contribution in [0.3, 0.4) is 0 Å². The predicted molar refractivity (Wildman–Crippen MR) is 51.8 cm³/mol. The van der Waals surface area contributed by atoms with E-state index in [9.17, 15) is 0 Å². The molecule has 0 atom stereocenters. The summed E-state index contributed by atoms with van der Waals surface area (Å²) in [5.41, 5.74) is 2.93. The van der Waals surface area contributed by atoms with E-state index in [1.807, 2.05) is 11.8 Å².